The molecule has 0 aliphatic carbocycles. The zero-order valence-electron chi connectivity index (χ0n) is 16.0. The molecule has 0 unspecified atom stereocenters. The molecule has 0 spiro atoms. The molecule has 5 heterocycles. The highest BCUT2D eigenvalue weighted by Crippen LogP contribution is 2.33. The monoisotopic (exact) mass is 400 g/mol. The predicted molar refractivity (Wildman–Crippen MR) is 104 cm³/mol. The second-order valence-electron chi connectivity index (χ2n) is 7.77. The molecule has 0 N–H and O–H groups in total. The van der Waals surface area contributed by atoms with E-state index in [1.54, 1.807) is 21.3 Å². The van der Waals surface area contributed by atoms with Gasteiger partial charge in [-0.1, -0.05) is 0 Å². The van der Waals surface area contributed by atoms with E-state index in [0.717, 1.165) is 50.1 Å². The first-order valence-corrected chi connectivity index (χ1v) is 11.3. The molecule has 0 amide bonds. The van der Waals surface area contributed by atoms with Crippen molar-refractivity contribution in [3.8, 4) is 0 Å². The standard InChI is InChI=1S/C19H24N6O2S/c1-14-10-18-21-13-22-25(18)12-16(14)15-5-8-23(9-6-15)28(26,27)19-11-20-17-4-2-3-7-24(17)19/h10-13,15H,2-9H2,1H3. The number of fused-ring (bicyclic) bond motifs is 2. The Kier molecular flexibility index (Phi) is 4.24. The van der Waals surface area contributed by atoms with Crippen LogP contribution >= 0.6 is 0 Å². The van der Waals surface area contributed by atoms with E-state index >= 15 is 0 Å². The molecule has 148 valence electrons. The third kappa shape index (κ3) is 2.84. The number of pyridine rings is 1. The molecule has 1 saturated heterocycles. The summed E-state index contributed by atoms with van der Waals surface area (Å²) < 4.78 is 31.7. The van der Waals surface area contributed by atoms with Crippen molar-refractivity contribution in [2.75, 3.05) is 13.1 Å². The lowest BCUT2D eigenvalue weighted by atomic mass is 9.89. The molecule has 28 heavy (non-hydrogen) atoms. The molecule has 0 radical (unpaired) electrons. The maximum absolute atomic E-state index is 13.2. The van der Waals surface area contributed by atoms with Crippen LogP contribution in [0.1, 0.15) is 48.6 Å². The van der Waals surface area contributed by atoms with Gasteiger partial charge >= 0.3 is 0 Å². The molecule has 3 aromatic rings. The molecule has 3 aromatic heterocycles. The third-order valence-electron chi connectivity index (χ3n) is 6.09. The quantitative estimate of drug-likeness (QED) is 0.672. The van der Waals surface area contributed by atoms with Gasteiger partial charge in [-0.25, -0.2) is 22.9 Å². The molecule has 0 bridgehead atoms. The van der Waals surface area contributed by atoms with E-state index in [1.165, 1.54) is 11.1 Å². The molecule has 5 rings (SSSR count). The zero-order chi connectivity index (χ0) is 19.3. The average Bonchev–Trinajstić information content (AvgIpc) is 3.34. The highest BCUT2D eigenvalue weighted by molar-refractivity contribution is 7.89. The fourth-order valence-electron chi connectivity index (χ4n) is 4.53. The number of aryl methyl sites for hydroxylation is 2. The van der Waals surface area contributed by atoms with Crippen LogP contribution in [-0.2, 0) is 23.0 Å². The summed E-state index contributed by atoms with van der Waals surface area (Å²) in [6.45, 7) is 3.90. The molecule has 2 aliphatic rings. The van der Waals surface area contributed by atoms with E-state index in [0.29, 0.717) is 24.0 Å². The van der Waals surface area contributed by atoms with Gasteiger partial charge in [0.1, 0.15) is 12.2 Å². The van der Waals surface area contributed by atoms with Crippen molar-refractivity contribution in [2.24, 2.45) is 0 Å². The van der Waals surface area contributed by atoms with Gasteiger partial charge in [-0.2, -0.15) is 9.40 Å². The van der Waals surface area contributed by atoms with Gasteiger partial charge in [0.25, 0.3) is 10.0 Å². The Hall–Kier alpha value is -2.26. The third-order valence-corrected chi connectivity index (χ3v) is 7.99. The number of hydrogen-bond donors (Lipinski definition) is 0. The minimum atomic E-state index is -3.50. The summed E-state index contributed by atoms with van der Waals surface area (Å²) in [6, 6.07) is 2.05. The molecule has 0 saturated carbocycles. The van der Waals surface area contributed by atoms with Gasteiger partial charge in [0, 0.05) is 32.3 Å². The lowest BCUT2D eigenvalue weighted by molar-refractivity contribution is 0.315. The minimum Gasteiger partial charge on any atom is -0.318 e. The Morgan fingerprint density at radius 2 is 1.93 bits per heavy atom. The van der Waals surface area contributed by atoms with Crippen LogP contribution in [0.5, 0.6) is 0 Å². The second kappa shape index (κ2) is 6.66. The molecule has 2 aliphatic heterocycles. The number of piperidine rings is 1. The normalized spacial score (nSPS) is 19.2. The number of rotatable bonds is 3. The minimum absolute atomic E-state index is 0.333. The van der Waals surface area contributed by atoms with Crippen LogP contribution in [-0.4, -0.2) is 50.0 Å². The maximum atomic E-state index is 13.2. The molecular formula is C19H24N6O2S. The molecule has 1 fully saturated rings. The van der Waals surface area contributed by atoms with E-state index in [2.05, 4.69) is 22.0 Å². The highest BCUT2D eigenvalue weighted by atomic mass is 32.2. The predicted octanol–water partition coefficient (Wildman–Crippen LogP) is 2.14. The number of imidazole rings is 1. The average molecular weight is 401 g/mol. The van der Waals surface area contributed by atoms with Crippen LogP contribution in [0.3, 0.4) is 0 Å². The van der Waals surface area contributed by atoms with Crippen LogP contribution in [0.4, 0.5) is 0 Å². The van der Waals surface area contributed by atoms with Crippen molar-refractivity contribution in [1.29, 1.82) is 0 Å². The van der Waals surface area contributed by atoms with Gasteiger partial charge in [0.05, 0.1) is 6.20 Å². The Morgan fingerprint density at radius 3 is 2.75 bits per heavy atom. The summed E-state index contributed by atoms with van der Waals surface area (Å²) in [5, 5.41) is 4.60. The molecule has 9 heteroatoms. The topological polar surface area (TPSA) is 85.4 Å². The Bertz CT molecular complexity index is 1120. The molecular weight excluding hydrogens is 376 g/mol. The van der Waals surface area contributed by atoms with E-state index in [9.17, 15) is 8.42 Å². The Balaban J connectivity index is 1.36. The van der Waals surface area contributed by atoms with Gasteiger partial charge in [0.2, 0.25) is 0 Å². The largest absolute Gasteiger partial charge is 0.318 e. The van der Waals surface area contributed by atoms with Gasteiger partial charge in [-0.15, -0.1) is 0 Å². The maximum Gasteiger partial charge on any atom is 0.260 e. The summed E-state index contributed by atoms with van der Waals surface area (Å²) >= 11 is 0. The number of aromatic nitrogens is 5. The second-order valence-corrected chi connectivity index (χ2v) is 9.66. The van der Waals surface area contributed by atoms with Crippen LogP contribution in [0.25, 0.3) is 5.65 Å². The summed E-state index contributed by atoms with van der Waals surface area (Å²) in [4.78, 5) is 8.59. The first-order valence-electron chi connectivity index (χ1n) is 9.88. The van der Waals surface area contributed by atoms with Crippen molar-refractivity contribution >= 4 is 15.7 Å². The van der Waals surface area contributed by atoms with Crippen molar-refractivity contribution in [1.82, 2.24) is 28.5 Å². The van der Waals surface area contributed by atoms with Gasteiger partial charge in [0.15, 0.2) is 10.7 Å². The Morgan fingerprint density at radius 1 is 1.11 bits per heavy atom. The van der Waals surface area contributed by atoms with Crippen LogP contribution in [0.2, 0.25) is 0 Å². The van der Waals surface area contributed by atoms with E-state index in [1.807, 2.05) is 16.8 Å². The lowest BCUT2D eigenvalue weighted by Gasteiger charge is -2.32. The Labute approximate surface area is 164 Å². The van der Waals surface area contributed by atoms with Crippen molar-refractivity contribution in [3.63, 3.8) is 0 Å². The van der Waals surface area contributed by atoms with Crippen molar-refractivity contribution < 1.29 is 8.42 Å². The summed E-state index contributed by atoms with van der Waals surface area (Å²) in [6.07, 6.45) is 9.71. The van der Waals surface area contributed by atoms with Crippen LogP contribution in [0, 0.1) is 6.92 Å². The smallest absolute Gasteiger partial charge is 0.260 e. The molecule has 0 atom stereocenters. The highest BCUT2D eigenvalue weighted by Gasteiger charge is 2.34. The SMILES string of the molecule is Cc1cc2ncnn2cc1C1CCN(S(=O)(=O)c2cnc3n2CCCC3)CC1. The van der Waals surface area contributed by atoms with E-state index in [4.69, 9.17) is 0 Å². The number of sulfonamides is 1. The van der Waals surface area contributed by atoms with Gasteiger partial charge in [-0.05, 0) is 55.7 Å². The summed E-state index contributed by atoms with van der Waals surface area (Å²) in [7, 11) is -3.50. The number of hydrogen-bond acceptors (Lipinski definition) is 5. The lowest BCUT2D eigenvalue weighted by Crippen LogP contribution is -2.39. The fraction of sp³-hybridized carbons (Fsp3) is 0.526. The van der Waals surface area contributed by atoms with Crippen molar-refractivity contribution in [2.45, 2.75) is 56.5 Å². The molecule has 0 aromatic carbocycles. The number of nitrogens with zero attached hydrogens (tertiary/aromatic N) is 6. The van der Waals surface area contributed by atoms with Crippen molar-refractivity contribution in [3.05, 3.63) is 41.7 Å². The fourth-order valence-corrected chi connectivity index (χ4v) is 6.15. The van der Waals surface area contributed by atoms with Crippen LogP contribution < -0.4 is 0 Å². The molecule has 8 nitrogen and oxygen atoms in total. The summed E-state index contributed by atoms with van der Waals surface area (Å²) in [5.41, 5.74) is 3.26. The first kappa shape index (κ1) is 17.8. The summed E-state index contributed by atoms with van der Waals surface area (Å²) in [5.74, 6) is 1.23. The van der Waals surface area contributed by atoms with E-state index < -0.39 is 10.0 Å². The van der Waals surface area contributed by atoms with Crippen LogP contribution in [0.15, 0.2) is 29.8 Å². The van der Waals surface area contributed by atoms with Gasteiger partial charge in [-0.3, -0.25) is 0 Å². The first-order chi connectivity index (χ1) is 13.5. The zero-order valence-corrected chi connectivity index (χ0v) is 16.8. The van der Waals surface area contributed by atoms with Gasteiger partial charge < -0.3 is 4.57 Å². The van der Waals surface area contributed by atoms with E-state index in [-0.39, 0.29) is 0 Å².